The lowest BCUT2D eigenvalue weighted by Crippen LogP contribution is -2.12. The molecule has 3 rings (SSSR count). The number of halogens is 6. The van der Waals surface area contributed by atoms with Gasteiger partial charge in [-0.3, -0.25) is 4.68 Å². The summed E-state index contributed by atoms with van der Waals surface area (Å²) in [4.78, 5) is 11.6. The van der Waals surface area contributed by atoms with E-state index < -0.39 is 40.7 Å². The van der Waals surface area contributed by atoms with Gasteiger partial charge in [0.25, 0.3) is 0 Å². The third-order valence-electron chi connectivity index (χ3n) is 4.00. The smallest absolute Gasteiger partial charge is 0.436 e. The summed E-state index contributed by atoms with van der Waals surface area (Å²) in [5, 5.41) is 12.5. The average molecular weight is 417 g/mol. The van der Waals surface area contributed by atoms with Gasteiger partial charge in [-0.2, -0.15) is 18.3 Å². The molecule has 0 radical (unpaired) electrons. The maximum atomic E-state index is 13.9. The van der Waals surface area contributed by atoms with Crippen molar-refractivity contribution in [3.8, 4) is 22.4 Å². The second-order valence-electron chi connectivity index (χ2n) is 5.82. The molecule has 0 unspecified atom stereocenters. The van der Waals surface area contributed by atoms with Crippen LogP contribution in [0.2, 0.25) is 5.02 Å². The van der Waals surface area contributed by atoms with Crippen LogP contribution in [0.25, 0.3) is 22.4 Å². The number of hydrogen-bond acceptors (Lipinski definition) is 2. The van der Waals surface area contributed by atoms with Crippen molar-refractivity contribution < 1.29 is 31.9 Å². The molecule has 0 aliphatic heterocycles. The molecule has 0 fully saturated rings. The first-order valence-corrected chi connectivity index (χ1v) is 8.01. The van der Waals surface area contributed by atoms with Crippen LogP contribution in [0.1, 0.15) is 16.1 Å². The second-order valence-corrected chi connectivity index (χ2v) is 6.22. The molecule has 0 bridgehead atoms. The molecular formula is C18H10ClF5N2O2. The summed E-state index contributed by atoms with van der Waals surface area (Å²) in [6, 6.07) is 6.54. The van der Waals surface area contributed by atoms with Gasteiger partial charge in [-0.05, 0) is 41.5 Å². The molecule has 4 nitrogen and oxygen atoms in total. The minimum atomic E-state index is -5.02. The molecule has 1 aromatic heterocycles. The monoisotopic (exact) mass is 416 g/mol. The molecule has 0 aliphatic carbocycles. The molecule has 0 atom stereocenters. The van der Waals surface area contributed by atoms with Gasteiger partial charge in [0.05, 0.1) is 10.7 Å². The molecule has 0 aliphatic rings. The van der Waals surface area contributed by atoms with Gasteiger partial charge in [-0.1, -0.05) is 17.7 Å². The van der Waals surface area contributed by atoms with Crippen molar-refractivity contribution in [1.82, 2.24) is 9.78 Å². The summed E-state index contributed by atoms with van der Waals surface area (Å²) in [7, 11) is 1.13. The van der Waals surface area contributed by atoms with Crippen molar-refractivity contribution in [2.75, 3.05) is 0 Å². The number of nitrogens with zero attached hydrogens (tertiary/aromatic N) is 2. The van der Waals surface area contributed by atoms with E-state index in [9.17, 15) is 31.9 Å². The number of rotatable bonds is 3. The van der Waals surface area contributed by atoms with Gasteiger partial charge in [-0.15, -0.1) is 0 Å². The molecule has 1 heterocycles. The van der Waals surface area contributed by atoms with Crippen molar-refractivity contribution in [3.63, 3.8) is 0 Å². The number of aryl methyl sites for hydroxylation is 1. The van der Waals surface area contributed by atoms with E-state index in [1.165, 1.54) is 12.1 Å². The van der Waals surface area contributed by atoms with Crippen LogP contribution in [0.4, 0.5) is 22.0 Å². The molecule has 0 saturated carbocycles. The van der Waals surface area contributed by atoms with E-state index in [1.807, 2.05) is 0 Å². The largest absolute Gasteiger partial charge is 0.478 e. The first kappa shape index (κ1) is 19.8. The topological polar surface area (TPSA) is 55.1 Å². The second kappa shape index (κ2) is 6.90. The van der Waals surface area contributed by atoms with E-state index in [2.05, 4.69) is 5.10 Å². The van der Waals surface area contributed by atoms with Crippen molar-refractivity contribution in [3.05, 3.63) is 64.3 Å². The zero-order valence-corrected chi connectivity index (χ0v) is 14.7. The van der Waals surface area contributed by atoms with Gasteiger partial charge in [0.15, 0.2) is 5.69 Å². The van der Waals surface area contributed by atoms with Crippen LogP contribution < -0.4 is 0 Å². The van der Waals surface area contributed by atoms with E-state index in [0.29, 0.717) is 0 Å². The number of benzene rings is 2. The molecule has 0 saturated heterocycles. The fourth-order valence-corrected chi connectivity index (χ4v) is 2.98. The van der Waals surface area contributed by atoms with Crippen LogP contribution in [-0.4, -0.2) is 20.9 Å². The predicted molar refractivity (Wildman–Crippen MR) is 91.0 cm³/mol. The van der Waals surface area contributed by atoms with Crippen molar-refractivity contribution in [2.45, 2.75) is 6.18 Å². The van der Waals surface area contributed by atoms with Gasteiger partial charge >= 0.3 is 12.1 Å². The fourth-order valence-electron chi connectivity index (χ4n) is 2.86. The number of hydrogen-bond donors (Lipinski definition) is 1. The molecule has 146 valence electrons. The zero-order chi connectivity index (χ0) is 20.8. The van der Waals surface area contributed by atoms with Gasteiger partial charge in [0, 0.05) is 12.6 Å². The van der Waals surface area contributed by atoms with Gasteiger partial charge in [0.1, 0.15) is 17.2 Å². The van der Waals surface area contributed by atoms with Gasteiger partial charge < -0.3 is 5.11 Å². The molecule has 2 aromatic carbocycles. The van der Waals surface area contributed by atoms with Crippen LogP contribution in [0.5, 0.6) is 0 Å². The maximum absolute atomic E-state index is 13.9. The highest BCUT2D eigenvalue weighted by Crippen LogP contribution is 2.40. The van der Waals surface area contributed by atoms with Gasteiger partial charge in [-0.25, -0.2) is 13.6 Å². The summed E-state index contributed by atoms with van der Waals surface area (Å²) in [6.07, 6.45) is -5.02. The third-order valence-corrected chi connectivity index (χ3v) is 4.30. The van der Waals surface area contributed by atoms with Crippen molar-refractivity contribution >= 4 is 17.6 Å². The zero-order valence-electron chi connectivity index (χ0n) is 14.0. The summed E-state index contributed by atoms with van der Waals surface area (Å²) in [5.74, 6) is -3.42. The van der Waals surface area contributed by atoms with Crippen LogP contribution in [-0.2, 0) is 13.2 Å². The lowest BCUT2D eigenvalue weighted by molar-refractivity contribution is -0.141. The number of carboxylic acid groups (broad SMARTS) is 1. The highest BCUT2D eigenvalue weighted by Gasteiger charge is 2.41. The van der Waals surface area contributed by atoms with Crippen LogP contribution >= 0.6 is 11.6 Å². The predicted octanol–water partition coefficient (Wildman–Crippen LogP) is 5.40. The maximum Gasteiger partial charge on any atom is 0.436 e. The molecule has 0 amide bonds. The van der Waals surface area contributed by atoms with E-state index in [1.54, 1.807) is 0 Å². The SMILES string of the molecule is Cn1nc(C(F)(F)F)c(C(=O)O)c1-c1ccc(F)cc1-c1ccc(Cl)c(F)c1. The van der Waals surface area contributed by atoms with Crippen molar-refractivity contribution in [1.29, 1.82) is 0 Å². The lowest BCUT2D eigenvalue weighted by atomic mass is 9.94. The summed E-state index contributed by atoms with van der Waals surface area (Å²) < 4.78 is 68.2. The number of aromatic nitrogens is 2. The van der Waals surface area contributed by atoms with Crippen LogP contribution in [0.3, 0.4) is 0 Å². The first-order chi connectivity index (χ1) is 13.0. The number of carbonyl (C=O) groups is 1. The minimum absolute atomic E-state index is 0.0187. The quantitative estimate of drug-likeness (QED) is 0.581. The standard InChI is InChI=1S/C18H10ClF5N2O2/c1-26-15(14(17(27)28)16(25-26)18(22,23)24)10-4-3-9(20)7-11(10)8-2-5-12(19)13(21)6-8/h2-7H,1H3,(H,27,28). The molecule has 10 heteroatoms. The molecule has 28 heavy (non-hydrogen) atoms. The average Bonchev–Trinajstić information content (AvgIpc) is 2.95. The lowest BCUT2D eigenvalue weighted by Gasteiger charge is -2.12. The third kappa shape index (κ3) is 3.45. The Labute approximate surface area is 159 Å². The summed E-state index contributed by atoms with van der Waals surface area (Å²) >= 11 is 5.64. The highest BCUT2D eigenvalue weighted by molar-refractivity contribution is 6.30. The number of carboxylic acids is 1. The Morgan fingerprint density at radius 2 is 1.79 bits per heavy atom. The Balaban J connectivity index is 2.36. The van der Waals surface area contributed by atoms with Crippen molar-refractivity contribution in [2.24, 2.45) is 7.05 Å². The Bertz CT molecular complexity index is 1090. The van der Waals surface area contributed by atoms with E-state index >= 15 is 0 Å². The first-order valence-electron chi connectivity index (χ1n) is 7.63. The number of alkyl halides is 3. The summed E-state index contributed by atoms with van der Waals surface area (Å²) in [6.45, 7) is 0. The van der Waals surface area contributed by atoms with Crippen LogP contribution in [0, 0.1) is 11.6 Å². The highest BCUT2D eigenvalue weighted by atomic mass is 35.5. The summed E-state index contributed by atoms with van der Waals surface area (Å²) in [5.41, 5.74) is -3.05. The van der Waals surface area contributed by atoms with E-state index in [0.717, 1.165) is 36.0 Å². The Morgan fingerprint density at radius 1 is 1.11 bits per heavy atom. The van der Waals surface area contributed by atoms with Gasteiger partial charge in [0.2, 0.25) is 0 Å². The minimum Gasteiger partial charge on any atom is -0.478 e. The van der Waals surface area contributed by atoms with E-state index in [-0.39, 0.29) is 21.7 Å². The van der Waals surface area contributed by atoms with E-state index in [4.69, 9.17) is 11.6 Å². The Morgan fingerprint density at radius 3 is 2.36 bits per heavy atom. The Hall–Kier alpha value is -2.94. The Kier molecular flexibility index (Phi) is 4.88. The molecule has 1 N–H and O–H groups in total. The van der Waals surface area contributed by atoms with Crippen LogP contribution in [0.15, 0.2) is 36.4 Å². The number of aromatic carboxylic acids is 1. The fraction of sp³-hybridized carbons (Fsp3) is 0.111. The normalized spacial score (nSPS) is 11.7. The molecular weight excluding hydrogens is 407 g/mol. The molecule has 0 spiro atoms. The molecule has 3 aromatic rings.